The van der Waals surface area contributed by atoms with Crippen LogP contribution in [0.2, 0.25) is 0 Å². The third-order valence-electron chi connectivity index (χ3n) is 3.50. The number of thiol groups is 1. The van der Waals surface area contributed by atoms with Gasteiger partial charge >= 0.3 is 7.12 Å². The molecule has 1 aliphatic rings. The van der Waals surface area contributed by atoms with E-state index < -0.39 is 0 Å². The molecule has 6 heteroatoms. The molecule has 1 aromatic rings. The van der Waals surface area contributed by atoms with E-state index in [1.54, 1.807) is 17.5 Å². The van der Waals surface area contributed by atoms with Crippen LogP contribution in [-0.2, 0) is 9.31 Å². The van der Waals surface area contributed by atoms with E-state index in [0.717, 1.165) is 10.5 Å². The molecule has 0 aliphatic carbocycles. The zero-order valence-corrected chi connectivity index (χ0v) is 12.8. The minimum atomic E-state index is -0.337. The minimum Gasteiger partial charge on any atom is -0.400 e. The Kier molecular flexibility index (Phi) is 3.92. The molecule has 3 nitrogen and oxygen atoms in total. The summed E-state index contributed by atoms with van der Waals surface area (Å²) in [5.41, 5.74) is 0.373. The normalized spacial score (nSPS) is 22.5. The summed E-state index contributed by atoms with van der Waals surface area (Å²) < 4.78 is 12.0. The number of thiazole rings is 1. The van der Waals surface area contributed by atoms with Gasteiger partial charge < -0.3 is 9.31 Å². The zero-order valence-electron chi connectivity index (χ0n) is 11.1. The Labute approximate surface area is 118 Å². The van der Waals surface area contributed by atoms with Gasteiger partial charge in [-0.05, 0) is 39.2 Å². The molecule has 0 radical (unpaired) electrons. The van der Waals surface area contributed by atoms with Crippen molar-refractivity contribution in [2.45, 2.75) is 38.9 Å². The van der Waals surface area contributed by atoms with Crippen LogP contribution in [0, 0.1) is 0 Å². The highest BCUT2D eigenvalue weighted by molar-refractivity contribution is 7.80. The summed E-state index contributed by atoms with van der Waals surface area (Å²) in [6, 6.07) is 0. The SMILES string of the molecule is CC1(C)OB(C(=Cc2nccs2)CS)OC1(C)C. The molecule has 18 heavy (non-hydrogen) atoms. The standard InChI is InChI=1S/C12H18BNO2S2/c1-11(2)12(3,4)16-13(15-11)9(8-17)7-10-14-5-6-18-10/h5-7,17H,8H2,1-4H3. The van der Waals surface area contributed by atoms with E-state index in [1.165, 1.54) is 0 Å². The van der Waals surface area contributed by atoms with Crippen molar-refractivity contribution < 1.29 is 9.31 Å². The predicted octanol–water partition coefficient (Wildman–Crippen LogP) is 3.09. The molecule has 0 unspecified atom stereocenters. The molecule has 1 saturated heterocycles. The molecule has 0 amide bonds. The Morgan fingerprint density at radius 2 is 2.00 bits per heavy atom. The quantitative estimate of drug-likeness (QED) is 0.683. The third-order valence-corrected chi connectivity index (χ3v) is 4.59. The van der Waals surface area contributed by atoms with Gasteiger partial charge in [0.1, 0.15) is 5.01 Å². The van der Waals surface area contributed by atoms with Crippen LogP contribution >= 0.6 is 24.0 Å². The summed E-state index contributed by atoms with van der Waals surface area (Å²) in [4.78, 5) is 4.25. The van der Waals surface area contributed by atoms with E-state index in [0.29, 0.717) is 5.75 Å². The molecule has 0 bridgehead atoms. The molecular weight excluding hydrogens is 265 g/mol. The van der Waals surface area contributed by atoms with Gasteiger partial charge in [-0.15, -0.1) is 11.3 Å². The number of rotatable bonds is 3. The van der Waals surface area contributed by atoms with Crippen molar-refractivity contribution in [3.05, 3.63) is 22.1 Å². The number of hydrogen-bond donors (Lipinski definition) is 1. The lowest BCUT2D eigenvalue weighted by molar-refractivity contribution is 0.00578. The van der Waals surface area contributed by atoms with E-state index in [2.05, 4.69) is 17.6 Å². The highest BCUT2D eigenvalue weighted by Crippen LogP contribution is 2.39. The first-order valence-electron chi connectivity index (χ1n) is 5.92. The maximum Gasteiger partial charge on any atom is 0.491 e. The molecule has 2 rings (SSSR count). The molecule has 0 N–H and O–H groups in total. The van der Waals surface area contributed by atoms with Gasteiger partial charge in [0.2, 0.25) is 0 Å². The van der Waals surface area contributed by atoms with Crippen molar-refractivity contribution in [3.8, 4) is 0 Å². The van der Waals surface area contributed by atoms with Crippen LogP contribution in [0.1, 0.15) is 32.7 Å². The highest BCUT2D eigenvalue weighted by Gasteiger charge is 2.52. The van der Waals surface area contributed by atoms with Gasteiger partial charge in [0.05, 0.1) is 11.2 Å². The molecule has 2 heterocycles. The second kappa shape index (κ2) is 5.00. The Hall–Kier alpha value is -0.295. The summed E-state index contributed by atoms with van der Waals surface area (Å²) in [6.07, 6.45) is 3.79. The smallest absolute Gasteiger partial charge is 0.400 e. The van der Waals surface area contributed by atoms with Crippen LogP contribution in [0.25, 0.3) is 6.08 Å². The fourth-order valence-electron chi connectivity index (χ4n) is 1.65. The molecule has 0 spiro atoms. The van der Waals surface area contributed by atoms with E-state index >= 15 is 0 Å². The van der Waals surface area contributed by atoms with E-state index in [1.807, 2.05) is 39.2 Å². The van der Waals surface area contributed by atoms with E-state index in [9.17, 15) is 0 Å². The molecule has 0 atom stereocenters. The Balaban J connectivity index is 2.22. The maximum atomic E-state index is 6.00. The van der Waals surface area contributed by atoms with Crippen molar-refractivity contribution in [3.63, 3.8) is 0 Å². The van der Waals surface area contributed by atoms with Crippen LogP contribution in [0.15, 0.2) is 17.0 Å². The van der Waals surface area contributed by atoms with Gasteiger partial charge in [-0.25, -0.2) is 4.98 Å². The fourth-order valence-corrected chi connectivity index (χ4v) is 2.49. The van der Waals surface area contributed by atoms with E-state index in [-0.39, 0.29) is 18.3 Å². The van der Waals surface area contributed by atoms with Gasteiger partial charge in [0.25, 0.3) is 0 Å². The fraction of sp³-hybridized carbons (Fsp3) is 0.583. The molecule has 98 valence electrons. The maximum absolute atomic E-state index is 6.00. The largest absolute Gasteiger partial charge is 0.491 e. The number of nitrogens with zero attached hydrogens (tertiary/aromatic N) is 1. The lowest BCUT2D eigenvalue weighted by Gasteiger charge is -2.32. The first kappa shape index (κ1) is 14.1. The monoisotopic (exact) mass is 283 g/mol. The second-order valence-corrected chi connectivity index (χ2v) is 6.58. The zero-order chi connectivity index (χ0) is 13.4. The number of hydrogen-bond acceptors (Lipinski definition) is 5. The van der Waals surface area contributed by atoms with E-state index in [4.69, 9.17) is 9.31 Å². The first-order valence-corrected chi connectivity index (χ1v) is 7.43. The Morgan fingerprint density at radius 1 is 1.39 bits per heavy atom. The van der Waals surface area contributed by atoms with Crippen LogP contribution in [-0.4, -0.2) is 29.1 Å². The second-order valence-electron chi connectivity index (χ2n) is 5.34. The van der Waals surface area contributed by atoms with Gasteiger partial charge in [-0.3, -0.25) is 0 Å². The minimum absolute atomic E-state index is 0.317. The van der Waals surface area contributed by atoms with Gasteiger partial charge in [-0.1, -0.05) is 0 Å². The summed E-state index contributed by atoms with van der Waals surface area (Å²) >= 11 is 5.96. The summed E-state index contributed by atoms with van der Waals surface area (Å²) in [6.45, 7) is 8.19. The summed E-state index contributed by atoms with van der Waals surface area (Å²) in [5.74, 6) is 0.594. The lowest BCUT2D eigenvalue weighted by atomic mass is 9.79. The summed E-state index contributed by atoms with van der Waals surface area (Å²) in [5, 5.41) is 2.90. The van der Waals surface area contributed by atoms with Gasteiger partial charge in [0, 0.05) is 17.3 Å². The lowest BCUT2D eigenvalue weighted by Crippen LogP contribution is -2.41. The predicted molar refractivity (Wildman–Crippen MR) is 80.0 cm³/mol. The molecule has 1 aromatic heterocycles. The van der Waals surface area contributed by atoms with Crippen molar-refractivity contribution in [1.29, 1.82) is 0 Å². The summed E-state index contributed by atoms with van der Waals surface area (Å²) in [7, 11) is -0.337. The van der Waals surface area contributed by atoms with Gasteiger partial charge in [0.15, 0.2) is 0 Å². The molecule has 1 fully saturated rings. The average Bonchev–Trinajstić information content (AvgIpc) is 2.82. The van der Waals surface area contributed by atoms with Crippen molar-refractivity contribution in [2.75, 3.05) is 5.75 Å². The van der Waals surface area contributed by atoms with Crippen molar-refractivity contribution in [2.24, 2.45) is 0 Å². The third kappa shape index (κ3) is 2.66. The van der Waals surface area contributed by atoms with Crippen LogP contribution in [0.5, 0.6) is 0 Å². The van der Waals surface area contributed by atoms with Crippen LogP contribution in [0.3, 0.4) is 0 Å². The van der Waals surface area contributed by atoms with Crippen LogP contribution < -0.4 is 0 Å². The average molecular weight is 283 g/mol. The van der Waals surface area contributed by atoms with Crippen molar-refractivity contribution in [1.82, 2.24) is 4.98 Å². The molecule has 1 aliphatic heterocycles. The Bertz CT molecular complexity index is 427. The topological polar surface area (TPSA) is 31.4 Å². The highest BCUT2D eigenvalue weighted by atomic mass is 32.1. The van der Waals surface area contributed by atoms with Crippen molar-refractivity contribution >= 4 is 37.2 Å². The molecule has 0 aromatic carbocycles. The molecule has 0 saturated carbocycles. The molecular formula is C12H18BNO2S2. The Morgan fingerprint density at radius 3 is 2.44 bits per heavy atom. The van der Waals surface area contributed by atoms with Crippen LogP contribution in [0.4, 0.5) is 0 Å². The first-order chi connectivity index (χ1) is 8.36. The number of aromatic nitrogens is 1. The van der Waals surface area contributed by atoms with Gasteiger partial charge in [-0.2, -0.15) is 12.6 Å².